The first-order valence-electron chi connectivity index (χ1n) is 5.67. The fourth-order valence-electron chi connectivity index (χ4n) is 1.91. The average Bonchev–Trinajstić information content (AvgIpc) is 2.33. The fourth-order valence-corrected chi connectivity index (χ4v) is 2.54. The van der Waals surface area contributed by atoms with Crippen LogP contribution in [0.2, 0.25) is 0 Å². The lowest BCUT2D eigenvalue weighted by atomic mass is 9.93. The van der Waals surface area contributed by atoms with E-state index in [1.165, 1.54) is 0 Å². The zero-order chi connectivity index (χ0) is 13.1. The molecule has 1 amide bonds. The van der Waals surface area contributed by atoms with Gasteiger partial charge in [0.1, 0.15) is 5.78 Å². The van der Waals surface area contributed by atoms with Crippen LogP contribution in [0.25, 0.3) is 0 Å². The molecule has 1 aliphatic rings. The van der Waals surface area contributed by atoms with Gasteiger partial charge in [-0.25, -0.2) is 0 Å². The van der Waals surface area contributed by atoms with Crippen molar-refractivity contribution in [3.05, 3.63) is 33.4 Å². The Morgan fingerprint density at radius 3 is 2.67 bits per heavy atom. The molecule has 0 spiro atoms. The van der Waals surface area contributed by atoms with E-state index in [1.807, 2.05) is 12.1 Å². The van der Waals surface area contributed by atoms with Crippen LogP contribution in [-0.2, 0) is 9.59 Å². The molecule has 1 unspecified atom stereocenters. The number of amides is 1. The Morgan fingerprint density at radius 2 is 2.00 bits per heavy atom. The van der Waals surface area contributed by atoms with Gasteiger partial charge in [-0.05, 0) is 41.1 Å². The molecule has 2 rings (SSSR count). The highest BCUT2D eigenvalue weighted by molar-refractivity contribution is 14.1. The van der Waals surface area contributed by atoms with Gasteiger partial charge in [0.2, 0.25) is 0 Å². The summed E-state index contributed by atoms with van der Waals surface area (Å²) in [4.78, 5) is 34.7. The van der Waals surface area contributed by atoms with Gasteiger partial charge in [0, 0.05) is 9.99 Å². The lowest BCUT2D eigenvalue weighted by Crippen LogP contribution is -2.44. The molecule has 1 aromatic carbocycles. The molecule has 4 nitrogen and oxygen atoms in total. The van der Waals surface area contributed by atoms with Crippen LogP contribution >= 0.6 is 22.6 Å². The number of hydrogen-bond acceptors (Lipinski definition) is 3. The van der Waals surface area contributed by atoms with Crippen molar-refractivity contribution in [3.63, 3.8) is 0 Å². The van der Waals surface area contributed by atoms with Crippen molar-refractivity contribution in [1.29, 1.82) is 0 Å². The highest BCUT2D eigenvalue weighted by Crippen LogP contribution is 2.15. The molecular weight excluding hydrogens is 345 g/mol. The number of nitrogens with one attached hydrogen (secondary N) is 1. The Morgan fingerprint density at radius 1 is 1.28 bits per heavy atom. The smallest absolute Gasteiger partial charge is 0.252 e. The molecule has 1 aromatic rings. The maximum absolute atomic E-state index is 12.0. The van der Waals surface area contributed by atoms with Crippen LogP contribution in [-0.4, -0.2) is 23.5 Å². The van der Waals surface area contributed by atoms with Crippen LogP contribution in [0.4, 0.5) is 0 Å². The fraction of sp³-hybridized carbons (Fsp3) is 0.308. The summed E-state index contributed by atoms with van der Waals surface area (Å²) in [5.41, 5.74) is 0.558. The molecular formula is C13H12INO3. The number of hydrogen-bond donors (Lipinski definition) is 1. The number of carbonyl (C=O) groups is 3. The second-order valence-corrected chi connectivity index (χ2v) is 5.39. The van der Waals surface area contributed by atoms with Gasteiger partial charge < -0.3 is 5.32 Å². The summed E-state index contributed by atoms with van der Waals surface area (Å²) in [5, 5.41) is 2.70. The lowest BCUT2D eigenvalue weighted by molar-refractivity contribution is -0.131. The second kappa shape index (κ2) is 5.60. The highest BCUT2D eigenvalue weighted by Gasteiger charge is 2.28. The topological polar surface area (TPSA) is 63.2 Å². The molecule has 1 atom stereocenters. The molecule has 1 fully saturated rings. The van der Waals surface area contributed by atoms with Crippen molar-refractivity contribution < 1.29 is 14.4 Å². The second-order valence-electron chi connectivity index (χ2n) is 4.23. The number of ketones is 2. The van der Waals surface area contributed by atoms with Crippen molar-refractivity contribution in [2.75, 3.05) is 0 Å². The van der Waals surface area contributed by atoms with Gasteiger partial charge in [0.25, 0.3) is 5.91 Å². The van der Waals surface area contributed by atoms with Gasteiger partial charge >= 0.3 is 0 Å². The number of benzene rings is 1. The van der Waals surface area contributed by atoms with Crippen molar-refractivity contribution in [2.24, 2.45) is 0 Å². The van der Waals surface area contributed by atoms with E-state index in [9.17, 15) is 14.4 Å². The largest absolute Gasteiger partial charge is 0.342 e. The SMILES string of the molecule is O=C1CCC(NC(=O)c2ccccc2I)C(=O)C1. The molecule has 0 heterocycles. The third-order valence-electron chi connectivity index (χ3n) is 2.90. The lowest BCUT2D eigenvalue weighted by Gasteiger charge is -2.21. The van der Waals surface area contributed by atoms with Crippen LogP contribution in [0.1, 0.15) is 29.6 Å². The minimum atomic E-state index is -0.522. The highest BCUT2D eigenvalue weighted by atomic mass is 127. The Labute approximate surface area is 118 Å². The van der Waals surface area contributed by atoms with E-state index < -0.39 is 6.04 Å². The molecule has 1 aliphatic carbocycles. The summed E-state index contributed by atoms with van der Waals surface area (Å²) in [6.07, 6.45) is 0.715. The van der Waals surface area contributed by atoms with Crippen molar-refractivity contribution >= 4 is 40.1 Å². The van der Waals surface area contributed by atoms with E-state index in [0.717, 1.165) is 3.57 Å². The number of rotatable bonds is 2. The minimum Gasteiger partial charge on any atom is -0.342 e. The van der Waals surface area contributed by atoms with Gasteiger partial charge in [-0.3, -0.25) is 14.4 Å². The van der Waals surface area contributed by atoms with Crippen LogP contribution in [0, 0.1) is 3.57 Å². The van der Waals surface area contributed by atoms with Gasteiger partial charge in [-0.1, -0.05) is 12.1 Å². The summed E-state index contributed by atoms with van der Waals surface area (Å²) < 4.78 is 0.840. The molecule has 0 aliphatic heterocycles. The summed E-state index contributed by atoms with van der Waals surface area (Å²) in [7, 11) is 0. The van der Waals surface area contributed by atoms with E-state index in [2.05, 4.69) is 27.9 Å². The predicted octanol–water partition coefficient (Wildman–Crippen LogP) is 1.71. The van der Waals surface area contributed by atoms with Crippen LogP contribution in [0.3, 0.4) is 0 Å². The molecule has 1 saturated carbocycles. The average molecular weight is 357 g/mol. The van der Waals surface area contributed by atoms with E-state index >= 15 is 0 Å². The first-order chi connectivity index (χ1) is 8.58. The summed E-state index contributed by atoms with van der Waals surface area (Å²) in [6.45, 7) is 0. The Kier molecular flexibility index (Phi) is 4.11. The van der Waals surface area contributed by atoms with Crippen molar-refractivity contribution in [2.45, 2.75) is 25.3 Å². The number of carbonyl (C=O) groups excluding carboxylic acids is 3. The molecule has 0 saturated heterocycles. The quantitative estimate of drug-likeness (QED) is 0.648. The Balaban J connectivity index is 2.06. The Hall–Kier alpha value is -1.24. The standard InChI is InChI=1S/C13H12INO3/c14-10-4-2-1-3-9(10)13(18)15-11-6-5-8(16)7-12(11)17/h1-4,11H,5-7H2,(H,15,18). The third kappa shape index (κ3) is 2.95. The van der Waals surface area contributed by atoms with Gasteiger partial charge in [0.15, 0.2) is 5.78 Å². The Bertz CT molecular complexity index is 513. The molecule has 1 N–H and O–H groups in total. The first kappa shape index (κ1) is 13.2. The summed E-state index contributed by atoms with van der Waals surface area (Å²) in [5.74, 6) is -0.488. The van der Waals surface area contributed by atoms with Gasteiger partial charge in [-0.15, -0.1) is 0 Å². The predicted molar refractivity (Wildman–Crippen MR) is 74.3 cm³/mol. The molecule has 0 aromatic heterocycles. The van der Waals surface area contributed by atoms with E-state index in [-0.39, 0.29) is 23.9 Å². The maximum Gasteiger partial charge on any atom is 0.252 e. The minimum absolute atomic E-state index is 0.0419. The van der Waals surface area contributed by atoms with Crippen LogP contribution in [0.5, 0.6) is 0 Å². The molecule has 0 bridgehead atoms. The zero-order valence-corrected chi connectivity index (χ0v) is 11.8. The maximum atomic E-state index is 12.0. The first-order valence-corrected chi connectivity index (χ1v) is 6.75. The van der Waals surface area contributed by atoms with Crippen LogP contribution in [0.15, 0.2) is 24.3 Å². The van der Waals surface area contributed by atoms with E-state index in [4.69, 9.17) is 0 Å². The van der Waals surface area contributed by atoms with Gasteiger partial charge in [0.05, 0.1) is 18.0 Å². The number of Topliss-reactive ketones (excluding diaryl/α,β-unsaturated/α-hetero) is 2. The van der Waals surface area contributed by atoms with E-state index in [1.54, 1.807) is 12.1 Å². The third-order valence-corrected chi connectivity index (χ3v) is 3.84. The summed E-state index contributed by atoms with van der Waals surface area (Å²) >= 11 is 2.08. The molecule has 18 heavy (non-hydrogen) atoms. The van der Waals surface area contributed by atoms with Crippen molar-refractivity contribution in [1.82, 2.24) is 5.32 Å². The van der Waals surface area contributed by atoms with Crippen molar-refractivity contribution in [3.8, 4) is 0 Å². The van der Waals surface area contributed by atoms with Crippen LogP contribution < -0.4 is 5.32 Å². The number of halogens is 1. The summed E-state index contributed by atoms with van der Waals surface area (Å²) in [6, 6.07) is 6.66. The van der Waals surface area contributed by atoms with Gasteiger partial charge in [-0.2, -0.15) is 0 Å². The molecule has 94 valence electrons. The normalized spacial score (nSPS) is 19.7. The molecule has 0 radical (unpaired) electrons. The van der Waals surface area contributed by atoms with E-state index in [0.29, 0.717) is 18.4 Å². The monoisotopic (exact) mass is 357 g/mol. The molecule has 5 heteroatoms. The zero-order valence-electron chi connectivity index (χ0n) is 9.61.